The van der Waals surface area contributed by atoms with E-state index >= 15 is 0 Å². The Labute approximate surface area is 184 Å². The highest BCUT2D eigenvalue weighted by Crippen LogP contribution is 2.33. The molecule has 5 rings (SSSR count). The summed E-state index contributed by atoms with van der Waals surface area (Å²) in [6.45, 7) is 4.72. The molecule has 3 heterocycles. The van der Waals surface area contributed by atoms with Gasteiger partial charge in [0.05, 0.1) is 11.1 Å². The first-order chi connectivity index (χ1) is 14.7. The smallest absolute Gasteiger partial charge is 0.165 e. The predicted octanol–water partition coefficient (Wildman–Crippen LogP) is 5.04. The summed E-state index contributed by atoms with van der Waals surface area (Å²) in [5.41, 5.74) is 1.41. The molecule has 0 atom stereocenters. The van der Waals surface area contributed by atoms with Crippen molar-refractivity contribution in [3.05, 3.63) is 69.9 Å². The summed E-state index contributed by atoms with van der Waals surface area (Å²) in [4.78, 5) is 15.8. The number of phenols is 1. The first-order valence-corrected chi connectivity index (χ1v) is 11.2. The van der Waals surface area contributed by atoms with Crippen molar-refractivity contribution in [2.75, 3.05) is 31.1 Å². The van der Waals surface area contributed by atoms with E-state index in [0.29, 0.717) is 16.4 Å². The molecule has 2 aromatic heterocycles. The van der Waals surface area contributed by atoms with Gasteiger partial charge in [0, 0.05) is 48.0 Å². The van der Waals surface area contributed by atoms with Crippen LogP contribution in [0.1, 0.15) is 4.88 Å². The van der Waals surface area contributed by atoms with E-state index in [0.717, 1.165) is 49.4 Å². The van der Waals surface area contributed by atoms with Crippen molar-refractivity contribution in [2.45, 2.75) is 6.54 Å². The molecule has 1 N–H and O–H groups in total. The van der Waals surface area contributed by atoms with Gasteiger partial charge in [-0.25, -0.2) is 9.97 Å². The van der Waals surface area contributed by atoms with Crippen LogP contribution in [-0.2, 0) is 6.54 Å². The van der Waals surface area contributed by atoms with Gasteiger partial charge in [-0.05, 0) is 41.8 Å². The first kappa shape index (κ1) is 19.3. The summed E-state index contributed by atoms with van der Waals surface area (Å²) < 4.78 is 0. The van der Waals surface area contributed by atoms with E-state index in [4.69, 9.17) is 21.6 Å². The molecule has 4 aromatic rings. The van der Waals surface area contributed by atoms with Gasteiger partial charge in [-0.15, -0.1) is 11.3 Å². The van der Waals surface area contributed by atoms with Crippen molar-refractivity contribution in [1.82, 2.24) is 14.9 Å². The number of anilines is 1. The molecule has 5 nitrogen and oxygen atoms in total. The number of piperazine rings is 1. The molecular formula is C23H21ClN4OS. The highest BCUT2D eigenvalue weighted by Gasteiger charge is 2.22. The number of para-hydroxylation sites is 1. The minimum absolute atomic E-state index is 0.172. The standard InChI is InChI=1S/C23H21ClN4OS/c24-16-7-8-18-20(14-16)25-22(19-5-1-2-6-21(19)29)26-23(18)28-11-9-27(10-12-28)15-17-4-3-13-30-17/h1-8,13-14,29H,9-12,15H2. The number of hydrogen-bond donors (Lipinski definition) is 1. The van der Waals surface area contributed by atoms with E-state index < -0.39 is 0 Å². The van der Waals surface area contributed by atoms with Crippen molar-refractivity contribution >= 4 is 39.7 Å². The highest BCUT2D eigenvalue weighted by molar-refractivity contribution is 7.09. The minimum atomic E-state index is 0.172. The third kappa shape index (κ3) is 3.86. The average molecular weight is 437 g/mol. The number of rotatable bonds is 4. The maximum Gasteiger partial charge on any atom is 0.165 e. The number of aromatic nitrogens is 2. The molecule has 0 radical (unpaired) electrons. The van der Waals surface area contributed by atoms with Crippen LogP contribution in [0.4, 0.5) is 5.82 Å². The van der Waals surface area contributed by atoms with Crippen LogP contribution in [0.15, 0.2) is 60.0 Å². The number of benzene rings is 2. The Morgan fingerprint density at radius 1 is 0.967 bits per heavy atom. The van der Waals surface area contributed by atoms with Crippen molar-refractivity contribution in [3.63, 3.8) is 0 Å². The maximum atomic E-state index is 10.3. The molecule has 0 bridgehead atoms. The Kier molecular flexibility index (Phi) is 5.29. The molecule has 0 spiro atoms. The number of fused-ring (bicyclic) bond motifs is 1. The lowest BCUT2D eigenvalue weighted by Gasteiger charge is -2.35. The summed E-state index contributed by atoms with van der Waals surface area (Å²) in [7, 11) is 0. The molecule has 1 aliphatic heterocycles. The number of thiophene rings is 1. The quantitative estimate of drug-likeness (QED) is 0.485. The molecule has 152 valence electrons. The molecule has 0 amide bonds. The third-order valence-electron chi connectivity index (χ3n) is 5.42. The van der Waals surface area contributed by atoms with E-state index in [9.17, 15) is 5.11 Å². The van der Waals surface area contributed by atoms with Crippen LogP contribution in [0.5, 0.6) is 5.75 Å². The number of aromatic hydroxyl groups is 1. The Bertz CT molecular complexity index is 1170. The van der Waals surface area contributed by atoms with Gasteiger partial charge in [-0.1, -0.05) is 29.8 Å². The van der Waals surface area contributed by atoms with Gasteiger partial charge in [0.15, 0.2) is 5.82 Å². The summed E-state index contributed by atoms with van der Waals surface area (Å²) in [6, 6.07) is 17.2. The summed E-state index contributed by atoms with van der Waals surface area (Å²) in [5.74, 6) is 1.58. The summed E-state index contributed by atoms with van der Waals surface area (Å²) >= 11 is 8.05. The van der Waals surface area contributed by atoms with Crippen LogP contribution in [0, 0.1) is 0 Å². The Balaban J connectivity index is 1.48. The van der Waals surface area contributed by atoms with E-state index in [1.807, 2.05) is 30.3 Å². The Morgan fingerprint density at radius 3 is 2.57 bits per heavy atom. The van der Waals surface area contributed by atoms with Crippen LogP contribution >= 0.6 is 22.9 Å². The van der Waals surface area contributed by atoms with Gasteiger partial charge in [0.2, 0.25) is 0 Å². The van der Waals surface area contributed by atoms with Gasteiger partial charge in [0.1, 0.15) is 11.6 Å². The second kappa shape index (κ2) is 8.22. The van der Waals surface area contributed by atoms with Gasteiger partial charge >= 0.3 is 0 Å². The van der Waals surface area contributed by atoms with Gasteiger partial charge in [0.25, 0.3) is 0 Å². The molecule has 0 saturated carbocycles. The zero-order valence-electron chi connectivity index (χ0n) is 16.3. The SMILES string of the molecule is Oc1ccccc1-c1nc(N2CCN(Cc3cccs3)CC2)c2ccc(Cl)cc2n1. The van der Waals surface area contributed by atoms with E-state index in [2.05, 4.69) is 27.3 Å². The third-order valence-corrected chi connectivity index (χ3v) is 6.51. The van der Waals surface area contributed by atoms with Crippen LogP contribution in [-0.4, -0.2) is 46.2 Å². The van der Waals surface area contributed by atoms with Crippen molar-refractivity contribution in [2.24, 2.45) is 0 Å². The van der Waals surface area contributed by atoms with Crippen molar-refractivity contribution in [3.8, 4) is 17.1 Å². The average Bonchev–Trinajstić information content (AvgIpc) is 3.27. The molecule has 0 aliphatic carbocycles. The lowest BCUT2D eigenvalue weighted by atomic mass is 10.1. The van der Waals surface area contributed by atoms with Gasteiger partial charge in [-0.3, -0.25) is 4.90 Å². The van der Waals surface area contributed by atoms with Crippen LogP contribution in [0.2, 0.25) is 5.02 Å². The molecule has 1 aliphatic rings. The molecule has 30 heavy (non-hydrogen) atoms. The zero-order chi connectivity index (χ0) is 20.5. The lowest BCUT2D eigenvalue weighted by molar-refractivity contribution is 0.251. The molecule has 1 saturated heterocycles. The Morgan fingerprint density at radius 2 is 1.80 bits per heavy atom. The van der Waals surface area contributed by atoms with Gasteiger partial charge in [-0.2, -0.15) is 0 Å². The van der Waals surface area contributed by atoms with E-state index in [1.54, 1.807) is 23.5 Å². The summed E-state index contributed by atoms with van der Waals surface area (Å²) in [5, 5.41) is 14.1. The van der Waals surface area contributed by atoms with Crippen molar-refractivity contribution in [1.29, 1.82) is 0 Å². The maximum absolute atomic E-state index is 10.3. The molecule has 7 heteroatoms. The number of hydrogen-bond acceptors (Lipinski definition) is 6. The first-order valence-electron chi connectivity index (χ1n) is 9.93. The number of phenolic OH excluding ortho intramolecular Hbond substituents is 1. The van der Waals surface area contributed by atoms with E-state index in [-0.39, 0.29) is 5.75 Å². The fourth-order valence-corrected chi connectivity index (χ4v) is 4.76. The molecule has 2 aromatic carbocycles. The monoisotopic (exact) mass is 436 g/mol. The largest absolute Gasteiger partial charge is 0.507 e. The molecule has 1 fully saturated rings. The zero-order valence-corrected chi connectivity index (χ0v) is 17.9. The topological polar surface area (TPSA) is 52.5 Å². The minimum Gasteiger partial charge on any atom is -0.507 e. The van der Waals surface area contributed by atoms with Crippen LogP contribution in [0.25, 0.3) is 22.3 Å². The van der Waals surface area contributed by atoms with Crippen LogP contribution in [0.3, 0.4) is 0 Å². The number of halogens is 1. The Hall–Kier alpha value is -2.67. The van der Waals surface area contributed by atoms with Crippen molar-refractivity contribution < 1.29 is 5.11 Å². The highest BCUT2D eigenvalue weighted by atomic mass is 35.5. The normalized spacial score (nSPS) is 15.0. The lowest BCUT2D eigenvalue weighted by Crippen LogP contribution is -2.46. The molecule has 0 unspecified atom stereocenters. The second-order valence-electron chi connectivity index (χ2n) is 7.39. The van der Waals surface area contributed by atoms with Crippen LogP contribution < -0.4 is 4.90 Å². The molecular weight excluding hydrogens is 416 g/mol. The second-order valence-corrected chi connectivity index (χ2v) is 8.86. The summed E-state index contributed by atoms with van der Waals surface area (Å²) in [6.07, 6.45) is 0. The predicted molar refractivity (Wildman–Crippen MR) is 123 cm³/mol. The number of nitrogens with zero attached hydrogens (tertiary/aromatic N) is 4. The van der Waals surface area contributed by atoms with E-state index in [1.165, 1.54) is 4.88 Å². The fraction of sp³-hybridized carbons (Fsp3) is 0.217. The fourth-order valence-electron chi connectivity index (χ4n) is 3.85. The van der Waals surface area contributed by atoms with Gasteiger partial charge < -0.3 is 10.0 Å².